The van der Waals surface area contributed by atoms with E-state index in [-0.39, 0.29) is 36.9 Å². The molecule has 1 aromatic heterocycles. The Morgan fingerprint density at radius 2 is 0.893 bits per heavy atom. The van der Waals surface area contributed by atoms with Gasteiger partial charge in [-0.2, -0.15) is 33.7 Å². The van der Waals surface area contributed by atoms with Crippen LogP contribution in [-0.4, -0.2) is 130 Å². The number of hydroxylamine groups is 8. The van der Waals surface area contributed by atoms with E-state index in [1.807, 2.05) is 66.7 Å². The lowest BCUT2D eigenvalue weighted by Gasteiger charge is -2.30. The topological polar surface area (TPSA) is 311 Å². The van der Waals surface area contributed by atoms with Crippen molar-refractivity contribution in [3.8, 4) is 5.75 Å². The van der Waals surface area contributed by atoms with Crippen LogP contribution in [0.5, 0.6) is 5.75 Å². The van der Waals surface area contributed by atoms with Crippen molar-refractivity contribution in [1.82, 2.24) is 20.3 Å². The van der Waals surface area contributed by atoms with Gasteiger partial charge in [-0.15, -0.1) is 28.9 Å². The van der Waals surface area contributed by atoms with Crippen LogP contribution >= 0.6 is 11.8 Å². The lowest BCUT2D eigenvalue weighted by molar-refractivity contribution is -0.146. The number of thioether (sulfide) groups is 1. The maximum atomic E-state index is 12.9. The number of carbonyl (C=O) groups excluding carboxylic acids is 5. The normalized spacial score (nSPS) is 14.0. The molecule has 10 aromatic carbocycles. The molecule has 0 fully saturated rings. The molecular formula is C74H62N4O20S5. The molecule has 4 amide bonds. The fourth-order valence-electron chi connectivity index (χ4n) is 10.5. The molecule has 1 aliphatic carbocycles. The summed E-state index contributed by atoms with van der Waals surface area (Å²) in [6.45, 7) is 0. The van der Waals surface area contributed by atoms with Gasteiger partial charge in [0.2, 0.25) is 0 Å². The van der Waals surface area contributed by atoms with Crippen molar-refractivity contribution >= 4 is 125 Å². The summed E-state index contributed by atoms with van der Waals surface area (Å²) in [7, 11) is -9.75. The highest BCUT2D eigenvalue weighted by Gasteiger charge is 2.37. The van der Waals surface area contributed by atoms with Crippen LogP contribution in [0.3, 0.4) is 0 Å². The molecule has 2 aliphatic rings. The fraction of sp³-hybridized carbons (Fsp3) is 0.108. The largest absolute Gasteiger partial charge is 0.496 e. The molecule has 0 saturated heterocycles. The van der Waals surface area contributed by atoms with Gasteiger partial charge in [0.15, 0.2) is 5.78 Å². The number of amides is 4. The van der Waals surface area contributed by atoms with Crippen molar-refractivity contribution in [2.24, 2.45) is 5.92 Å². The maximum absolute atomic E-state index is 12.9. The Labute approximate surface area is 596 Å². The van der Waals surface area contributed by atoms with Crippen LogP contribution < -0.4 is 10.4 Å². The number of likely N-dealkylation sites (N-methyl/N-ethyl adjacent to an activating group) is 1. The van der Waals surface area contributed by atoms with Gasteiger partial charge in [-0.3, -0.25) is 24.0 Å². The molecule has 0 radical (unpaired) electrons. The highest BCUT2D eigenvalue weighted by atomic mass is 32.2. The van der Waals surface area contributed by atoms with E-state index in [2.05, 4.69) is 10.4 Å². The van der Waals surface area contributed by atoms with E-state index in [1.54, 1.807) is 158 Å². The molecule has 2 heterocycles. The smallest absolute Gasteiger partial charge is 0.349 e. The molecule has 0 spiro atoms. The molecule has 1 aliphatic heterocycles. The number of fused-ring (bicyclic) bond motifs is 6. The van der Waals surface area contributed by atoms with Crippen LogP contribution in [0.25, 0.3) is 43.3 Å². The minimum atomic E-state index is -4.13. The first-order valence-electron chi connectivity index (χ1n) is 30.7. The summed E-state index contributed by atoms with van der Waals surface area (Å²) < 4.78 is 125. The molecule has 2 unspecified atom stereocenters. The zero-order valence-electron chi connectivity index (χ0n) is 55.4. The molecule has 528 valence electrons. The number of allylic oxidation sites excluding steroid dienone is 1. The Hall–Kier alpha value is -11.0. The van der Waals surface area contributed by atoms with Crippen LogP contribution in [0.4, 0.5) is 0 Å². The maximum Gasteiger partial charge on any atom is 0.349 e. The summed E-state index contributed by atoms with van der Waals surface area (Å²) in [5.41, 5.74) is 0.660. The third-order valence-electron chi connectivity index (χ3n) is 15.4. The fourth-order valence-corrected chi connectivity index (χ4v) is 15.1. The predicted molar refractivity (Wildman–Crippen MR) is 385 cm³/mol. The second kappa shape index (κ2) is 31.9. The van der Waals surface area contributed by atoms with Crippen molar-refractivity contribution < 1.29 is 83.9 Å². The van der Waals surface area contributed by atoms with E-state index in [0.717, 1.165) is 55.3 Å². The number of para-hydroxylation sites is 1. The third-order valence-corrected chi connectivity index (χ3v) is 21.1. The summed E-state index contributed by atoms with van der Waals surface area (Å²) >= 11 is 1.57. The van der Waals surface area contributed by atoms with Crippen LogP contribution in [-0.2, 0) is 62.4 Å². The molecule has 11 aromatic rings. The number of rotatable bonds is 16. The van der Waals surface area contributed by atoms with Crippen LogP contribution in [0.2, 0.25) is 0 Å². The number of ether oxygens (including phenoxy) is 1. The highest BCUT2D eigenvalue weighted by Crippen LogP contribution is 2.42. The lowest BCUT2D eigenvalue weighted by atomic mass is 9.88. The first-order chi connectivity index (χ1) is 49.0. The summed E-state index contributed by atoms with van der Waals surface area (Å²) in [6.07, 6.45) is 5.79. The van der Waals surface area contributed by atoms with Crippen LogP contribution in [0, 0.1) is 5.92 Å². The first kappa shape index (κ1) is 74.7. The lowest BCUT2D eigenvalue weighted by Crippen LogP contribution is -2.34. The van der Waals surface area contributed by atoms with Crippen LogP contribution in [0.1, 0.15) is 41.4 Å². The molecule has 2 atom stereocenters. The van der Waals surface area contributed by atoms with Crippen molar-refractivity contribution in [2.45, 2.75) is 24.8 Å². The summed E-state index contributed by atoms with van der Waals surface area (Å²) in [5.74, 6) is -2.60. The zero-order chi connectivity index (χ0) is 74.0. The molecule has 0 bridgehead atoms. The number of nitrogens with zero attached hydrogens (tertiary/aromatic N) is 4. The van der Waals surface area contributed by atoms with Gasteiger partial charge in [-0.25, -0.2) is 25.0 Å². The van der Waals surface area contributed by atoms with Gasteiger partial charge < -0.3 is 9.15 Å². The van der Waals surface area contributed by atoms with Crippen molar-refractivity contribution in [3.63, 3.8) is 0 Å². The molecule has 103 heavy (non-hydrogen) atoms. The number of Topliss-reactive ketones (excluding diaryl/α,β-unsaturated/α-hetero) is 1. The monoisotopic (exact) mass is 1490 g/mol. The van der Waals surface area contributed by atoms with Gasteiger partial charge >= 0.3 is 36.0 Å². The van der Waals surface area contributed by atoms with Gasteiger partial charge in [0.05, 0.1) is 34.0 Å². The number of carbonyl (C=O) groups is 5. The van der Waals surface area contributed by atoms with E-state index < -0.39 is 75.6 Å². The number of methoxy groups -OCH3 is 1. The van der Waals surface area contributed by atoms with Gasteiger partial charge in [-0.1, -0.05) is 164 Å². The highest BCUT2D eigenvalue weighted by molar-refractivity contribution is 8.00. The molecule has 0 saturated carbocycles. The second-order valence-corrected chi connectivity index (χ2v) is 29.9. The van der Waals surface area contributed by atoms with Gasteiger partial charge in [0.25, 0.3) is 33.7 Å². The Morgan fingerprint density at radius 3 is 1.46 bits per heavy atom. The minimum Gasteiger partial charge on any atom is -0.496 e. The Bertz CT molecular complexity index is 5690. The SMILES string of the molecule is CN(OS(=O)(=O)c1ccccc1)C(=O)C1=CC2C(=O)c3ccccc3SC2C=C1.CN(OS(=O)(=O)c1ccccc1)C(=O)c1ccc2cc3ccccc3cc2c1.CN(OS(C)(=O)=O)C(=O)c1cc2ccccc2oc1=O.COc1ccc(C(=O)N(C)OS(=O)(=O)c2ccccc2)c2ccccc12. The van der Waals surface area contributed by atoms with E-state index >= 15 is 0 Å². The van der Waals surface area contributed by atoms with Crippen molar-refractivity contribution in [2.75, 3.05) is 41.6 Å². The summed E-state index contributed by atoms with van der Waals surface area (Å²) in [4.78, 5) is 75.6. The molecule has 0 N–H and O–H groups in total. The number of hydrogen-bond donors (Lipinski definition) is 0. The standard InChI is InChI=1S/C22H17NO4S.C21H17NO5S2.C19H17NO5S.C12H11NO6S/c1-23(27-28(25,26)21-9-3-2-4-10-21)22(24)19-12-11-18-13-16-7-5-6-8-17(16)14-20(18)15-19;1-22(27-29(25,26)15-7-3-2-4-8-15)21(24)14-11-12-19-17(13-14)20(23)16-9-5-6-10-18(16)28-19;1-20(25-26(22,23)14-8-4-3-5-9-14)19(21)17-12-13-18(24-2)16-11-7-6-10-15(16)17;1-13(19-20(2,16)17)11(14)9-7-8-5-3-4-6-10(8)18-12(9)15/h2-15H,1H3;2-13,17,19H,1H3;3-13H,1-2H3;3-7H,1-2H3. The summed E-state index contributed by atoms with van der Waals surface area (Å²) in [6, 6.07) is 66.0. The second-order valence-electron chi connectivity index (χ2n) is 22.6. The van der Waals surface area contributed by atoms with E-state index in [0.29, 0.717) is 48.9 Å². The molecule has 29 heteroatoms. The number of ketones is 1. The van der Waals surface area contributed by atoms with Gasteiger partial charge in [-0.05, 0) is 118 Å². The Morgan fingerprint density at radius 1 is 0.437 bits per heavy atom. The van der Waals surface area contributed by atoms with Crippen molar-refractivity contribution in [3.05, 3.63) is 293 Å². The quantitative estimate of drug-likeness (QED) is 0.0493. The Kier molecular flexibility index (Phi) is 23.1. The Balaban J connectivity index is 0.000000149. The predicted octanol–water partition coefficient (Wildman–Crippen LogP) is 11.6. The number of hydrogen-bond acceptors (Lipinski definition) is 21. The van der Waals surface area contributed by atoms with Crippen molar-refractivity contribution in [1.29, 1.82) is 0 Å². The first-order valence-corrected chi connectivity index (χ1v) is 37.7. The molecular weight excluding hydrogens is 1430 g/mol. The third kappa shape index (κ3) is 18.0. The molecule has 13 rings (SSSR count). The van der Waals surface area contributed by atoms with Gasteiger partial charge in [0.1, 0.15) is 16.9 Å². The number of benzene rings is 10. The van der Waals surface area contributed by atoms with E-state index in [1.165, 1.54) is 63.6 Å². The minimum absolute atomic E-state index is 0.0142. The molecule has 24 nitrogen and oxygen atoms in total. The summed E-state index contributed by atoms with van der Waals surface area (Å²) in [5, 5.41) is 8.50. The van der Waals surface area contributed by atoms with E-state index in [9.17, 15) is 62.4 Å². The average molecular weight is 1490 g/mol. The van der Waals surface area contributed by atoms with Gasteiger partial charge in [0, 0.05) is 71.4 Å². The zero-order valence-corrected chi connectivity index (χ0v) is 59.5. The average Bonchev–Trinajstić information content (AvgIpc) is 0.783. The van der Waals surface area contributed by atoms with Crippen LogP contribution in [0.15, 0.2) is 289 Å². The van der Waals surface area contributed by atoms with E-state index in [4.69, 9.17) is 22.0 Å².